The molecular weight excluding hydrogens is 302 g/mol. The van der Waals surface area contributed by atoms with Crippen LogP contribution >= 0.6 is 0 Å². The Morgan fingerprint density at radius 2 is 1.62 bits per heavy atom. The molecule has 1 aromatic rings. The molecule has 0 unspecified atom stereocenters. The number of halogens is 6. The molecule has 1 saturated heterocycles. The SMILES string of the molecule is Nc1cc(N2CCC(C(F)(F)F)CC2)nc(C(F)(F)F)n1. The zero-order valence-electron chi connectivity index (χ0n) is 10.7. The number of hydrogen-bond acceptors (Lipinski definition) is 4. The number of nitrogens with two attached hydrogens (primary N) is 1. The van der Waals surface area contributed by atoms with Gasteiger partial charge in [0.15, 0.2) is 0 Å². The van der Waals surface area contributed by atoms with E-state index >= 15 is 0 Å². The molecule has 0 atom stereocenters. The van der Waals surface area contributed by atoms with Gasteiger partial charge in [-0.2, -0.15) is 26.3 Å². The lowest BCUT2D eigenvalue weighted by molar-refractivity contribution is -0.179. The summed E-state index contributed by atoms with van der Waals surface area (Å²) in [7, 11) is 0. The fraction of sp³-hybridized carbons (Fsp3) is 0.636. The highest BCUT2D eigenvalue weighted by Crippen LogP contribution is 2.36. The van der Waals surface area contributed by atoms with Crippen LogP contribution in [0.5, 0.6) is 0 Å². The first kappa shape index (κ1) is 15.6. The quantitative estimate of drug-likeness (QED) is 0.810. The van der Waals surface area contributed by atoms with Gasteiger partial charge in [0.25, 0.3) is 0 Å². The van der Waals surface area contributed by atoms with Crippen molar-refractivity contribution >= 4 is 11.6 Å². The molecule has 0 aliphatic carbocycles. The van der Waals surface area contributed by atoms with E-state index < -0.39 is 24.1 Å². The maximum atomic E-state index is 12.6. The standard InChI is InChI=1S/C11H12F6N4/c12-10(13,14)6-1-3-21(4-2-6)8-5-7(18)19-9(20-8)11(15,16)17/h5-6H,1-4H2,(H2,18,19,20). The van der Waals surface area contributed by atoms with Crippen LogP contribution < -0.4 is 10.6 Å². The number of nitrogens with zero attached hydrogens (tertiary/aromatic N) is 3. The monoisotopic (exact) mass is 314 g/mol. The Morgan fingerprint density at radius 3 is 2.10 bits per heavy atom. The summed E-state index contributed by atoms with van der Waals surface area (Å²) in [5, 5.41) is 0. The first-order chi connectivity index (χ1) is 9.57. The van der Waals surface area contributed by atoms with Gasteiger partial charge < -0.3 is 10.6 Å². The van der Waals surface area contributed by atoms with Gasteiger partial charge in [0.2, 0.25) is 5.82 Å². The van der Waals surface area contributed by atoms with E-state index in [9.17, 15) is 26.3 Å². The number of nitrogen functional groups attached to an aromatic ring is 1. The smallest absolute Gasteiger partial charge is 0.384 e. The number of aromatic nitrogens is 2. The van der Waals surface area contributed by atoms with Gasteiger partial charge in [-0.15, -0.1) is 0 Å². The molecule has 1 aromatic heterocycles. The summed E-state index contributed by atoms with van der Waals surface area (Å²) in [6, 6.07) is 1.13. The van der Waals surface area contributed by atoms with Gasteiger partial charge in [0.1, 0.15) is 11.6 Å². The van der Waals surface area contributed by atoms with Crippen molar-refractivity contribution in [2.24, 2.45) is 5.92 Å². The molecule has 2 heterocycles. The molecule has 4 nitrogen and oxygen atoms in total. The summed E-state index contributed by atoms with van der Waals surface area (Å²) in [5.41, 5.74) is 5.30. The second-order valence-corrected chi connectivity index (χ2v) is 4.78. The van der Waals surface area contributed by atoms with E-state index in [4.69, 9.17) is 5.73 Å². The van der Waals surface area contributed by atoms with Crippen LogP contribution in [0, 0.1) is 5.92 Å². The Labute approximate surface area is 116 Å². The molecule has 21 heavy (non-hydrogen) atoms. The summed E-state index contributed by atoms with van der Waals surface area (Å²) >= 11 is 0. The van der Waals surface area contributed by atoms with Crippen molar-refractivity contribution in [2.75, 3.05) is 23.7 Å². The van der Waals surface area contributed by atoms with E-state index in [1.165, 1.54) is 4.90 Å². The van der Waals surface area contributed by atoms with Crippen molar-refractivity contribution in [1.29, 1.82) is 0 Å². The number of piperidine rings is 1. The predicted octanol–water partition coefficient (Wildman–Crippen LogP) is 2.86. The van der Waals surface area contributed by atoms with Crippen LogP contribution in [0.15, 0.2) is 6.07 Å². The number of hydrogen-bond donors (Lipinski definition) is 1. The lowest BCUT2D eigenvalue weighted by Crippen LogP contribution is -2.39. The minimum atomic E-state index is -4.76. The molecule has 1 aliphatic rings. The number of anilines is 2. The summed E-state index contributed by atoms with van der Waals surface area (Å²) < 4.78 is 75.4. The molecule has 1 aliphatic heterocycles. The number of rotatable bonds is 1. The molecule has 0 spiro atoms. The Balaban J connectivity index is 2.16. The van der Waals surface area contributed by atoms with Crippen molar-refractivity contribution in [3.05, 3.63) is 11.9 Å². The molecule has 2 rings (SSSR count). The van der Waals surface area contributed by atoms with Gasteiger partial charge in [-0.05, 0) is 12.8 Å². The third-order valence-electron chi connectivity index (χ3n) is 3.27. The molecule has 2 N–H and O–H groups in total. The van der Waals surface area contributed by atoms with Crippen LogP contribution in [0.2, 0.25) is 0 Å². The molecule has 0 amide bonds. The van der Waals surface area contributed by atoms with Crippen molar-refractivity contribution in [2.45, 2.75) is 25.2 Å². The summed E-state index contributed by atoms with van der Waals surface area (Å²) in [6.45, 7) is -0.0597. The second kappa shape index (κ2) is 5.23. The van der Waals surface area contributed by atoms with E-state index in [1.54, 1.807) is 0 Å². The zero-order chi connectivity index (χ0) is 15.8. The van der Waals surface area contributed by atoms with Gasteiger partial charge in [-0.3, -0.25) is 0 Å². The summed E-state index contributed by atoms with van der Waals surface area (Å²) in [4.78, 5) is 7.79. The first-order valence-corrected chi connectivity index (χ1v) is 6.11. The molecule has 118 valence electrons. The number of alkyl halides is 6. The van der Waals surface area contributed by atoms with E-state index in [2.05, 4.69) is 9.97 Å². The maximum Gasteiger partial charge on any atom is 0.451 e. The van der Waals surface area contributed by atoms with Gasteiger partial charge in [-0.1, -0.05) is 0 Å². The van der Waals surface area contributed by atoms with E-state index in [-0.39, 0.29) is 37.6 Å². The van der Waals surface area contributed by atoms with Crippen LogP contribution in [-0.2, 0) is 6.18 Å². The van der Waals surface area contributed by atoms with Crippen LogP contribution in [-0.4, -0.2) is 29.2 Å². The fourth-order valence-electron chi connectivity index (χ4n) is 2.18. The highest BCUT2D eigenvalue weighted by atomic mass is 19.4. The molecule has 10 heteroatoms. The molecule has 0 bridgehead atoms. The van der Waals surface area contributed by atoms with E-state index in [1.807, 2.05) is 0 Å². The van der Waals surface area contributed by atoms with Crippen molar-refractivity contribution in [3.8, 4) is 0 Å². The molecule has 0 aromatic carbocycles. The second-order valence-electron chi connectivity index (χ2n) is 4.78. The Bertz CT molecular complexity index is 504. The van der Waals surface area contributed by atoms with Crippen LogP contribution in [0.25, 0.3) is 0 Å². The fourth-order valence-corrected chi connectivity index (χ4v) is 2.18. The topological polar surface area (TPSA) is 55.0 Å². The lowest BCUT2D eigenvalue weighted by Gasteiger charge is -2.33. The van der Waals surface area contributed by atoms with Crippen molar-refractivity contribution in [3.63, 3.8) is 0 Å². The zero-order valence-corrected chi connectivity index (χ0v) is 10.7. The molecular formula is C11H12F6N4. The average molecular weight is 314 g/mol. The highest BCUT2D eigenvalue weighted by molar-refractivity contribution is 5.47. The van der Waals surface area contributed by atoms with Crippen molar-refractivity contribution in [1.82, 2.24) is 9.97 Å². The average Bonchev–Trinajstić information content (AvgIpc) is 2.36. The predicted molar refractivity (Wildman–Crippen MR) is 62.4 cm³/mol. The van der Waals surface area contributed by atoms with Gasteiger partial charge in [0.05, 0.1) is 5.92 Å². The van der Waals surface area contributed by atoms with E-state index in [0.717, 1.165) is 6.07 Å². The molecule has 1 fully saturated rings. The normalized spacial score (nSPS) is 18.1. The Kier molecular flexibility index (Phi) is 3.89. The third kappa shape index (κ3) is 3.67. The third-order valence-corrected chi connectivity index (χ3v) is 3.27. The highest BCUT2D eigenvalue weighted by Gasteiger charge is 2.41. The summed E-state index contributed by atoms with van der Waals surface area (Å²) in [5.74, 6) is -3.30. The molecule has 0 saturated carbocycles. The van der Waals surface area contributed by atoms with Crippen LogP contribution in [0.1, 0.15) is 18.7 Å². The maximum absolute atomic E-state index is 12.6. The van der Waals surface area contributed by atoms with Crippen LogP contribution in [0.4, 0.5) is 38.0 Å². The lowest BCUT2D eigenvalue weighted by atomic mass is 9.96. The first-order valence-electron chi connectivity index (χ1n) is 6.11. The largest absolute Gasteiger partial charge is 0.451 e. The Morgan fingerprint density at radius 1 is 1.05 bits per heavy atom. The minimum Gasteiger partial charge on any atom is -0.384 e. The van der Waals surface area contributed by atoms with Gasteiger partial charge >= 0.3 is 12.4 Å². The van der Waals surface area contributed by atoms with Gasteiger partial charge in [-0.25, -0.2) is 9.97 Å². The van der Waals surface area contributed by atoms with Crippen LogP contribution in [0.3, 0.4) is 0 Å². The Hall–Kier alpha value is -1.74. The molecule has 0 radical (unpaired) electrons. The van der Waals surface area contributed by atoms with E-state index in [0.29, 0.717) is 0 Å². The van der Waals surface area contributed by atoms with Gasteiger partial charge in [0, 0.05) is 19.2 Å². The summed E-state index contributed by atoms with van der Waals surface area (Å²) in [6.07, 6.45) is -9.41. The minimum absolute atomic E-state index is 0.0298. The van der Waals surface area contributed by atoms with Crippen molar-refractivity contribution < 1.29 is 26.3 Å².